The molecule has 0 N–H and O–H groups in total. The molecule has 5 rings (SSSR count). The molecule has 184 valence electrons. The summed E-state index contributed by atoms with van der Waals surface area (Å²) < 4.78 is 24.2. The summed E-state index contributed by atoms with van der Waals surface area (Å²) in [4.78, 5) is 5.12. The third-order valence-corrected chi connectivity index (χ3v) is 6.25. The first-order chi connectivity index (χ1) is 17.1. The monoisotopic (exact) mass is 566 g/mol. The molecule has 36 heavy (non-hydrogen) atoms. The number of pyridine rings is 1. The SMILES string of the molecule is COc1ccc(-c2nc(-c3ccc(Cl)cc3)c[n+]3ccc4cc(OC)c(OC)cc4c23)cc1OC.[Br-]. The van der Waals surface area contributed by atoms with E-state index < -0.39 is 0 Å². The van der Waals surface area contributed by atoms with Crippen molar-refractivity contribution >= 4 is 27.9 Å². The summed E-state index contributed by atoms with van der Waals surface area (Å²) in [6.45, 7) is 0. The van der Waals surface area contributed by atoms with E-state index in [-0.39, 0.29) is 17.0 Å². The number of hydrogen-bond donors (Lipinski definition) is 0. The number of ether oxygens (including phenoxy) is 4. The average molecular weight is 568 g/mol. The Bertz CT molecular complexity index is 1560. The van der Waals surface area contributed by atoms with Crippen molar-refractivity contribution in [3.8, 4) is 45.5 Å². The van der Waals surface area contributed by atoms with Crippen LogP contribution in [0.1, 0.15) is 0 Å². The third-order valence-electron chi connectivity index (χ3n) is 6.00. The van der Waals surface area contributed by atoms with E-state index in [4.69, 9.17) is 35.5 Å². The van der Waals surface area contributed by atoms with Crippen molar-refractivity contribution in [2.24, 2.45) is 0 Å². The minimum atomic E-state index is 0. The standard InChI is InChI=1S/C28H24ClN2O4.BrH/c1-32-23-10-7-19(14-24(23)33-2)27-28-21-15-26(35-4)25(34-3)13-18(21)11-12-31(28)16-22(30-27)17-5-8-20(29)9-6-17;/h5-16H,1-4H3;1H/q+1;/p-1. The lowest BCUT2D eigenvalue weighted by Crippen LogP contribution is -3.00. The summed E-state index contributed by atoms with van der Waals surface area (Å²) >= 11 is 6.13. The maximum Gasteiger partial charge on any atom is 0.245 e. The second kappa shape index (κ2) is 10.6. The van der Waals surface area contributed by atoms with Crippen LogP contribution in [0.15, 0.2) is 73.1 Å². The molecule has 0 aliphatic rings. The highest BCUT2D eigenvalue weighted by Gasteiger charge is 2.22. The minimum absolute atomic E-state index is 0. The van der Waals surface area contributed by atoms with E-state index in [1.807, 2.05) is 73.1 Å². The topological polar surface area (TPSA) is 53.9 Å². The normalized spacial score (nSPS) is 10.7. The van der Waals surface area contributed by atoms with E-state index in [1.54, 1.807) is 28.4 Å². The number of methoxy groups -OCH3 is 4. The molecule has 0 aliphatic heterocycles. The van der Waals surface area contributed by atoms with Crippen LogP contribution in [-0.4, -0.2) is 33.4 Å². The molecule has 0 amide bonds. The van der Waals surface area contributed by atoms with Gasteiger partial charge in [0.25, 0.3) is 0 Å². The summed E-state index contributed by atoms with van der Waals surface area (Å²) in [6, 6.07) is 19.5. The molecule has 0 saturated heterocycles. The largest absolute Gasteiger partial charge is 1.00 e. The lowest BCUT2D eigenvalue weighted by molar-refractivity contribution is -0.510. The molecule has 3 aromatic carbocycles. The Labute approximate surface area is 224 Å². The van der Waals surface area contributed by atoms with Gasteiger partial charge in [-0.25, -0.2) is 4.98 Å². The summed E-state index contributed by atoms with van der Waals surface area (Å²) in [5.41, 5.74) is 4.37. The molecule has 0 spiro atoms. The Morgan fingerprint density at radius 2 is 1.31 bits per heavy atom. The average Bonchev–Trinajstić information content (AvgIpc) is 2.91. The second-order valence-corrected chi connectivity index (χ2v) is 8.35. The zero-order valence-electron chi connectivity index (χ0n) is 20.2. The van der Waals surface area contributed by atoms with Gasteiger partial charge in [0.05, 0.1) is 33.8 Å². The molecular weight excluding hydrogens is 544 g/mol. The minimum Gasteiger partial charge on any atom is -1.00 e. The van der Waals surface area contributed by atoms with E-state index in [1.165, 1.54) is 0 Å². The summed E-state index contributed by atoms with van der Waals surface area (Å²) in [5.74, 6) is 2.59. The van der Waals surface area contributed by atoms with Gasteiger partial charge in [-0.3, -0.25) is 0 Å². The zero-order valence-corrected chi connectivity index (χ0v) is 22.6. The Balaban J connectivity index is 0.00000304. The van der Waals surface area contributed by atoms with Crippen LogP contribution in [0.2, 0.25) is 5.02 Å². The van der Waals surface area contributed by atoms with Gasteiger partial charge in [-0.05, 0) is 47.9 Å². The van der Waals surface area contributed by atoms with Crippen molar-refractivity contribution in [3.05, 3.63) is 78.1 Å². The van der Waals surface area contributed by atoms with Crippen molar-refractivity contribution in [1.82, 2.24) is 4.98 Å². The van der Waals surface area contributed by atoms with Crippen LogP contribution in [0.25, 0.3) is 38.8 Å². The number of benzene rings is 3. The molecule has 2 aromatic heterocycles. The maximum atomic E-state index is 6.13. The highest BCUT2D eigenvalue weighted by molar-refractivity contribution is 6.30. The smallest absolute Gasteiger partial charge is 0.245 e. The Hall–Kier alpha value is -3.55. The number of nitrogens with zero attached hydrogens (tertiary/aromatic N) is 2. The molecule has 0 radical (unpaired) electrons. The van der Waals surface area contributed by atoms with Gasteiger partial charge >= 0.3 is 0 Å². The fourth-order valence-corrected chi connectivity index (χ4v) is 4.37. The first-order valence-electron chi connectivity index (χ1n) is 11.0. The van der Waals surface area contributed by atoms with Crippen molar-refractivity contribution in [1.29, 1.82) is 0 Å². The van der Waals surface area contributed by atoms with Crippen molar-refractivity contribution in [2.75, 3.05) is 28.4 Å². The van der Waals surface area contributed by atoms with Gasteiger partial charge in [0.15, 0.2) is 29.2 Å². The first-order valence-corrected chi connectivity index (χ1v) is 11.3. The Kier molecular flexibility index (Phi) is 7.52. The van der Waals surface area contributed by atoms with Gasteiger partial charge in [-0.2, -0.15) is 4.40 Å². The number of halogens is 2. The molecule has 0 atom stereocenters. The second-order valence-electron chi connectivity index (χ2n) is 7.92. The lowest BCUT2D eigenvalue weighted by atomic mass is 10.0. The summed E-state index contributed by atoms with van der Waals surface area (Å²) in [7, 11) is 6.51. The van der Waals surface area contributed by atoms with Gasteiger partial charge in [0.1, 0.15) is 11.4 Å². The Morgan fingerprint density at radius 3 is 1.97 bits per heavy atom. The van der Waals surface area contributed by atoms with Gasteiger partial charge < -0.3 is 35.9 Å². The van der Waals surface area contributed by atoms with Crippen LogP contribution in [0.4, 0.5) is 0 Å². The molecule has 0 aliphatic carbocycles. The van der Waals surface area contributed by atoms with Crippen LogP contribution >= 0.6 is 11.6 Å². The van der Waals surface area contributed by atoms with Crippen LogP contribution in [-0.2, 0) is 0 Å². The summed E-state index contributed by atoms with van der Waals surface area (Å²) in [5, 5.41) is 2.66. The van der Waals surface area contributed by atoms with Crippen LogP contribution < -0.4 is 40.3 Å². The molecule has 0 fully saturated rings. The molecule has 0 bridgehead atoms. The van der Waals surface area contributed by atoms with Gasteiger partial charge in [0, 0.05) is 22.2 Å². The van der Waals surface area contributed by atoms with E-state index >= 15 is 0 Å². The highest BCUT2D eigenvalue weighted by atomic mass is 79.9. The molecule has 6 nitrogen and oxygen atoms in total. The van der Waals surface area contributed by atoms with Crippen molar-refractivity contribution < 1.29 is 40.3 Å². The highest BCUT2D eigenvalue weighted by Crippen LogP contribution is 2.38. The predicted molar refractivity (Wildman–Crippen MR) is 137 cm³/mol. The first kappa shape index (κ1) is 25.5. The maximum absolute atomic E-state index is 6.13. The third kappa shape index (κ3) is 4.52. The number of rotatable bonds is 6. The van der Waals surface area contributed by atoms with E-state index in [0.717, 1.165) is 38.8 Å². The van der Waals surface area contributed by atoms with Crippen molar-refractivity contribution in [3.63, 3.8) is 0 Å². The Morgan fingerprint density at radius 1 is 0.694 bits per heavy atom. The molecule has 2 heterocycles. The fraction of sp³-hybridized carbons (Fsp3) is 0.143. The van der Waals surface area contributed by atoms with Crippen LogP contribution in [0.5, 0.6) is 23.0 Å². The molecular formula is C28H24BrClN2O4. The van der Waals surface area contributed by atoms with Crippen LogP contribution in [0, 0.1) is 0 Å². The van der Waals surface area contributed by atoms with E-state index in [2.05, 4.69) is 4.40 Å². The molecule has 0 unspecified atom stereocenters. The van der Waals surface area contributed by atoms with Crippen LogP contribution in [0.3, 0.4) is 0 Å². The quantitative estimate of drug-likeness (QED) is 0.233. The number of aromatic nitrogens is 2. The van der Waals surface area contributed by atoms with Gasteiger partial charge in [-0.15, -0.1) is 0 Å². The fourth-order valence-electron chi connectivity index (χ4n) is 4.25. The lowest BCUT2D eigenvalue weighted by Gasteiger charge is -2.12. The van der Waals surface area contributed by atoms with Gasteiger partial charge in [0.2, 0.25) is 11.7 Å². The predicted octanol–water partition coefficient (Wildman–Crippen LogP) is 3.00. The molecule has 0 saturated carbocycles. The molecule has 5 aromatic rings. The number of fused-ring (bicyclic) bond motifs is 3. The van der Waals surface area contributed by atoms with E-state index in [0.29, 0.717) is 28.0 Å². The van der Waals surface area contributed by atoms with E-state index in [9.17, 15) is 0 Å². The van der Waals surface area contributed by atoms with Crippen molar-refractivity contribution in [2.45, 2.75) is 0 Å². The number of hydrogen-bond acceptors (Lipinski definition) is 5. The summed E-state index contributed by atoms with van der Waals surface area (Å²) in [6.07, 6.45) is 4.04. The van der Waals surface area contributed by atoms with Gasteiger partial charge in [-0.1, -0.05) is 23.7 Å². The zero-order chi connectivity index (χ0) is 24.5. The molecule has 8 heteroatoms.